The summed E-state index contributed by atoms with van der Waals surface area (Å²) in [6.45, 7) is 0.618. The molecule has 0 saturated heterocycles. The van der Waals surface area contributed by atoms with Gasteiger partial charge in [-0.1, -0.05) is 6.07 Å². The lowest BCUT2D eigenvalue weighted by Gasteiger charge is -1.99. The van der Waals surface area contributed by atoms with Gasteiger partial charge in [0.1, 0.15) is 0 Å². The van der Waals surface area contributed by atoms with Gasteiger partial charge >= 0.3 is 0 Å². The van der Waals surface area contributed by atoms with Gasteiger partial charge in [0.25, 0.3) is 0 Å². The lowest BCUT2D eigenvalue weighted by molar-refractivity contribution is -0.116. The maximum Gasteiger partial charge on any atom is 0.244 e. The van der Waals surface area contributed by atoms with E-state index in [1.54, 1.807) is 29.9 Å². The molecule has 3 nitrogen and oxygen atoms in total. The van der Waals surface area contributed by atoms with Crippen molar-refractivity contribution in [2.45, 2.75) is 6.42 Å². The van der Waals surface area contributed by atoms with Gasteiger partial charge in [-0.15, -0.1) is 11.3 Å². The summed E-state index contributed by atoms with van der Waals surface area (Å²) in [5.41, 5.74) is 1.09. The predicted octanol–water partition coefficient (Wildman–Crippen LogP) is 2.71. The van der Waals surface area contributed by atoms with Crippen molar-refractivity contribution in [3.63, 3.8) is 0 Å². The second-order valence-corrected chi connectivity index (χ2v) is 4.50. The van der Waals surface area contributed by atoms with Crippen molar-refractivity contribution in [1.82, 2.24) is 5.32 Å². The number of carbonyl (C=O) groups excluding carboxylic acids is 1. The Bertz CT molecular complexity index is 472. The van der Waals surface area contributed by atoms with Gasteiger partial charge in [0.2, 0.25) is 5.91 Å². The van der Waals surface area contributed by atoms with E-state index in [2.05, 4.69) is 5.32 Å². The highest BCUT2D eigenvalue weighted by atomic mass is 32.1. The van der Waals surface area contributed by atoms with Crippen LogP contribution in [0.15, 0.2) is 46.6 Å². The number of amides is 1. The van der Waals surface area contributed by atoms with Gasteiger partial charge in [0, 0.05) is 17.5 Å². The quantitative estimate of drug-likeness (QED) is 0.825. The third kappa shape index (κ3) is 3.92. The number of hydrogen-bond acceptors (Lipinski definition) is 3. The molecule has 0 atom stereocenters. The highest BCUT2D eigenvalue weighted by Gasteiger charge is 1.97. The summed E-state index contributed by atoms with van der Waals surface area (Å²) in [5.74, 6) is -0.0677. The molecular formula is C13H13NO2S. The summed E-state index contributed by atoms with van der Waals surface area (Å²) in [4.78, 5) is 12.5. The zero-order chi connectivity index (χ0) is 11.9. The largest absolute Gasteiger partial charge is 0.472 e. The molecule has 0 aliphatic rings. The molecule has 17 heavy (non-hydrogen) atoms. The topological polar surface area (TPSA) is 42.2 Å². The number of hydrogen-bond donors (Lipinski definition) is 1. The molecule has 0 aliphatic heterocycles. The van der Waals surface area contributed by atoms with Crippen LogP contribution in [0.1, 0.15) is 10.4 Å². The van der Waals surface area contributed by atoms with Crippen molar-refractivity contribution in [1.29, 1.82) is 0 Å². The Morgan fingerprint density at radius 3 is 3.12 bits per heavy atom. The third-order valence-corrected chi connectivity index (χ3v) is 3.07. The molecule has 0 unspecified atom stereocenters. The van der Waals surface area contributed by atoms with E-state index in [-0.39, 0.29) is 5.91 Å². The zero-order valence-electron chi connectivity index (χ0n) is 9.26. The Labute approximate surface area is 104 Å². The Morgan fingerprint density at radius 2 is 2.41 bits per heavy atom. The predicted molar refractivity (Wildman–Crippen MR) is 68.8 cm³/mol. The van der Waals surface area contributed by atoms with E-state index in [1.165, 1.54) is 0 Å². The van der Waals surface area contributed by atoms with E-state index in [0.29, 0.717) is 6.54 Å². The van der Waals surface area contributed by atoms with E-state index in [9.17, 15) is 4.79 Å². The summed E-state index contributed by atoms with van der Waals surface area (Å²) < 4.78 is 4.94. The minimum absolute atomic E-state index is 0.0677. The van der Waals surface area contributed by atoms with Gasteiger partial charge in [-0.05, 0) is 35.6 Å². The van der Waals surface area contributed by atoms with Crippen LogP contribution < -0.4 is 5.32 Å². The average molecular weight is 247 g/mol. The molecule has 0 fully saturated rings. The lowest BCUT2D eigenvalue weighted by Crippen LogP contribution is -2.23. The van der Waals surface area contributed by atoms with Gasteiger partial charge in [0.05, 0.1) is 12.5 Å². The maximum atomic E-state index is 11.5. The Morgan fingerprint density at radius 1 is 1.47 bits per heavy atom. The van der Waals surface area contributed by atoms with Crippen LogP contribution in [0.5, 0.6) is 0 Å². The van der Waals surface area contributed by atoms with Crippen LogP contribution in [0.4, 0.5) is 0 Å². The van der Waals surface area contributed by atoms with Gasteiger partial charge in [0.15, 0.2) is 0 Å². The first-order valence-electron chi connectivity index (χ1n) is 5.35. The first-order chi connectivity index (χ1) is 8.34. The molecule has 0 spiro atoms. The fourth-order valence-corrected chi connectivity index (χ4v) is 1.99. The van der Waals surface area contributed by atoms with Crippen LogP contribution in [-0.2, 0) is 11.2 Å². The van der Waals surface area contributed by atoms with Gasteiger partial charge in [-0.2, -0.15) is 0 Å². The van der Waals surface area contributed by atoms with Crippen molar-refractivity contribution in [3.8, 4) is 0 Å². The Kier molecular flexibility index (Phi) is 4.16. The molecule has 0 saturated carbocycles. The summed E-state index contributed by atoms with van der Waals surface area (Å²) in [7, 11) is 0. The van der Waals surface area contributed by atoms with Crippen molar-refractivity contribution in [2.75, 3.05) is 6.54 Å². The minimum Gasteiger partial charge on any atom is -0.472 e. The first-order valence-corrected chi connectivity index (χ1v) is 6.23. The van der Waals surface area contributed by atoms with Crippen LogP contribution in [0.25, 0.3) is 6.08 Å². The number of thiophene rings is 1. The Hall–Kier alpha value is -1.81. The van der Waals surface area contributed by atoms with Gasteiger partial charge in [-0.25, -0.2) is 0 Å². The molecule has 88 valence electrons. The zero-order valence-corrected chi connectivity index (χ0v) is 10.1. The summed E-state index contributed by atoms with van der Waals surface area (Å²) in [5, 5.41) is 4.80. The molecule has 4 heteroatoms. The molecule has 2 heterocycles. The molecule has 2 aromatic heterocycles. The van der Waals surface area contributed by atoms with Crippen molar-refractivity contribution < 1.29 is 9.21 Å². The summed E-state index contributed by atoms with van der Waals surface area (Å²) in [6.07, 6.45) is 7.48. The molecule has 0 aliphatic carbocycles. The van der Waals surface area contributed by atoms with Crippen LogP contribution in [0, 0.1) is 0 Å². The van der Waals surface area contributed by atoms with Crippen LogP contribution in [0.3, 0.4) is 0 Å². The average Bonchev–Trinajstić information content (AvgIpc) is 2.99. The molecule has 1 N–H and O–H groups in total. The number of rotatable bonds is 5. The van der Waals surface area contributed by atoms with E-state index in [4.69, 9.17) is 4.42 Å². The highest BCUT2D eigenvalue weighted by molar-refractivity contribution is 7.10. The molecule has 0 aromatic carbocycles. The maximum absolute atomic E-state index is 11.5. The second kappa shape index (κ2) is 6.06. The first kappa shape index (κ1) is 11.7. The van der Waals surface area contributed by atoms with Gasteiger partial charge in [-0.3, -0.25) is 4.79 Å². The summed E-state index contributed by atoms with van der Waals surface area (Å²) in [6, 6.07) is 5.83. The SMILES string of the molecule is O=C(C=Cc1cccs1)NCCc1ccoc1. The van der Waals surface area contributed by atoms with Crippen LogP contribution in [-0.4, -0.2) is 12.5 Å². The highest BCUT2D eigenvalue weighted by Crippen LogP contribution is 2.09. The van der Waals surface area contributed by atoms with E-state index in [1.807, 2.05) is 29.7 Å². The second-order valence-electron chi connectivity index (χ2n) is 3.52. The van der Waals surface area contributed by atoms with E-state index >= 15 is 0 Å². The molecule has 1 amide bonds. The van der Waals surface area contributed by atoms with Crippen LogP contribution in [0.2, 0.25) is 0 Å². The fraction of sp³-hybridized carbons (Fsp3) is 0.154. The normalized spacial score (nSPS) is 10.8. The Balaban J connectivity index is 1.71. The van der Waals surface area contributed by atoms with Crippen molar-refractivity contribution in [3.05, 3.63) is 52.6 Å². The smallest absolute Gasteiger partial charge is 0.244 e. The van der Waals surface area contributed by atoms with Gasteiger partial charge < -0.3 is 9.73 Å². The molecular weight excluding hydrogens is 234 g/mol. The fourth-order valence-electron chi connectivity index (χ4n) is 1.37. The monoisotopic (exact) mass is 247 g/mol. The number of nitrogens with one attached hydrogen (secondary N) is 1. The molecule has 2 aromatic rings. The standard InChI is InChI=1S/C13H13NO2S/c15-13(4-3-12-2-1-9-17-12)14-7-5-11-6-8-16-10-11/h1-4,6,8-10H,5,7H2,(H,14,15). The molecule has 2 rings (SSSR count). The lowest BCUT2D eigenvalue weighted by atomic mass is 10.2. The number of furan rings is 1. The summed E-state index contributed by atoms with van der Waals surface area (Å²) >= 11 is 1.61. The van der Waals surface area contributed by atoms with Crippen molar-refractivity contribution >= 4 is 23.3 Å². The minimum atomic E-state index is -0.0677. The molecule has 0 bridgehead atoms. The van der Waals surface area contributed by atoms with E-state index in [0.717, 1.165) is 16.9 Å². The van der Waals surface area contributed by atoms with E-state index < -0.39 is 0 Å². The van der Waals surface area contributed by atoms with Crippen molar-refractivity contribution in [2.24, 2.45) is 0 Å². The third-order valence-electron chi connectivity index (χ3n) is 2.24. The number of carbonyl (C=O) groups is 1. The molecule has 0 radical (unpaired) electrons. The van der Waals surface area contributed by atoms with Crippen LogP contribution >= 0.6 is 11.3 Å².